The Morgan fingerprint density at radius 1 is 1.00 bits per heavy atom. The van der Waals surface area contributed by atoms with Gasteiger partial charge in [-0.25, -0.2) is 14.2 Å². The van der Waals surface area contributed by atoms with Gasteiger partial charge in [-0.05, 0) is 50.2 Å². The minimum Gasteiger partial charge on any atom is -0.475 e. The van der Waals surface area contributed by atoms with E-state index in [-0.39, 0.29) is 34.8 Å². The Morgan fingerprint density at radius 3 is 2.32 bits per heavy atom. The maximum atomic E-state index is 13.1. The van der Waals surface area contributed by atoms with Gasteiger partial charge < -0.3 is 19.5 Å². The number of ether oxygens (including phenoxy) is 3. The van der Waals surface area contributed by atoms with E-state index >= 15 is 0 Å². The van der Waals surface area contributed by atoms with Crippen LogP contribution < -0.4 is 14.8 Å². The molecule has 1 N–H and O–H groups in total. The molecule has 9 heteroatoms. The number of carbonyl (C=O) groups excluding carboxylic acids is 2. The largest absolute Gasteiger partial charge is 0.475 e. The normalized spacial score (nSPS) is 10.5. The fourth-order valence-electron chi connectivity index (χ4n) is 2.48. The van der Waals surface area contributed by atoms with Gasteiger partial charge in [-0.15, -0.1) is 0 Å². The fourth-order valence-corrected chi connectivity index (χ4v) is 2.48. The van der Waals surface area contributed by atoms with Crippen LogP contribution >= 0.6 is 0 Å². The van der Waals surface area contributed by atoms with E-state index in [2.05, 4.69) is 20.0 Å². The molecule has 0 unspecified atom stereocenters. The lowest BCUT2D eigenvalue weighted by atomic mass is 10.2. The molecule has 2 aromatic heterocycles. The zero-order valence-corrected chi connectivity index (χ0v) is 17.1. The third-order valence-corrected chi connectivity index (χ3v) is 3.86. The van der Waals surface area contributed by atoms with Gasteiger partial charge in [0, 0.05) is 18.3 Å². The molecule has 0 radical (unpaired) electrons. The first-order chi connectivity index (χ1) is 14.8. The summed E-state index contributed by atoms with van der Waals surface area (Å²) in [5, 5.41) is 2.63. The first-order valence-electron chi connectivity index (χ1n) is 9.32. The SMILES string of the molecule is COC(=O)c1ccc(NC(=O)c2cc(Oc3ccc(F)cc3)nc(OC(C)C)c2)nc1. The highest BCUT2D eigenvalue weighted by Crippen LogP contribution is 2.25. The molecule has 0 fully saturated rings. The van der Waals surface area contributed by atoms with Crippen LogP contribution in [-0.2, 0) is 4.74 Å². The van der Waals surface area contributed by atoms with Crippen LogP contribution in [0.2, 0.25) is 0 Å². The van der Waals surface area contributed by atoms with Crippen LogP contribution in [0.1, 0.15) is 34.6 Å². The van der Waals surface area contributed by atoms with E-state index in [9.17, 15) is 14.0 Å². The second kappa shape index (κ2) is 9.66. The van der Waals surface area contributed by atoms with Gasteiger partial charge in [0.1, 0.15) is 17.4 Å². The van der Waals surface area contributed by atoms with Gasteiger partial charge in [0.15, 0.2) is 0 Å². The summed E-state index contributed by atoms with van der Waals surface area (Å²) in [4.78, 5) is 32.5. The molecule has 0 aliphatic carbocycles. The molecule has 1 aromatic carbocycles. The number of amides is 1. The Bertz CT molecular complexity index is 1070. The summed E-state index contributed by atoms with van der Waals surface area (Å²) in [7, 11) is 1.27. The Morgan fingerprint density at radius 2 is 1.71 bits per heavy atom. The van der Waals surface area contributed by atoms with E-state index in [1.165, 1.54) is 61.8 Å². The van der Waals surface area contributed by atoms with Gasteiger partial charge in [0.05, 0.1) is 24.3 Å². The number of anilines is 1. The van der Waals surface area contributed by atoms with Crippen molar-refractivity contribution in [2.45, 2.75) is 20.0 Å². The Hall–Kier alpha value is -4.01. The fraction of sp³-hybridized carbons (Fsp3) is 0.182. The number of hydrogen-bond acceptors (Lipinski definition) is 7. The highest BCUT2D eigenvalue weighted by atomic mass is 19.1. The molecule has 0 spiro atoms. The molecular formula is C22H20FN3O5. The van der Waals surface area contributed by atoms with Gasteiger partial charge in [-0.2, -0.15) is 4.98 Å². The lowest BCUT2D eigenvalue weighted by Gasteiger charge is -2.13. The smallest absolute Gasteiger partial charge is 0.339 e. The molecule has 1 amide bonds. The van der Waals surface area contributed by atoms with E-state index in [1.54, 1.807) is 0 Å². The number of pyridine rings is 2. The Kier molecular flexibility index (Phi) is 6.76. The molecule has 0 aliphatic rings. The highest BCUT2D eigenvalue weighted by molar-refractivity contribution is 6.04. The highest BCUT2D eigenvalue weighted by Gasteiger charge is 2.15. The molecule has 0 saturated carbocycles. The van der Waals surface area contributed by atoms with Gasteiger partial charge in [-0.1, -0.05) is 0 Å². The van der Waals surface area contributed by atoms with E-state index in [0.29, 0.717) is 5.75 Å². The third-order valence-electron chi connectivity index (χ3n) is 3.86. The summed E-state index contributed by atoms with van der Waals surface area (Å²) in [6.07, 6.45) is 1.11. The average molecular weight is 425 g/mol. The summed E-state index contributed by atoms with van der Waals surface area (Å²) in [6.45, 7) is 3.64. The van der Waals surface area contributed by atoms with Gasteiger partial charge in [0.2, 0.25) is 11.8 Å². The van der Waals surface area contributed by atoms with Crippen molar-refractivity contribution in [3.8, 4) is 17.5 Å². The number of carbonyl (C=O) groups is 2. The van der Waals surface area contributed by atoms with Crippen LogP contribution in [-0.4, -0.2) is 35.1 Å². The van der Waals surface area contributed by atoms with E-state index < -0.39 is 17.7 Å². The van der Waals surface area contributed by atoms with Crippen molar-refractivity contribution in [3.63, 3.8) is 0 Å². The molecular weight excluding hydrogens is 405 g/mol. The number of rotatable bonds is 7. The molecule has 0 atom stereocenters. The first-order valence-corrected chi connectivity index (χ1v) is 9.32. The molecule has 8 nitrogen and oxygen atoms in total. The third kappa shape index (κ3) is 5.99. The van der Waals surface area contributed by atoms with E-state index in [1.807, 2.05) is 13.8 Å². The van der Waals surface area contributed by atoms with Gasteiger partial charge >= 0.3 is 5.97 Å². The van der Waals surface area contributed by atoms with Gasteiger partial charge in [-0.3, -0.25) is 4.79 Å². The van der Waals surface area contributed by atoms with Crippen LogP contribution in [0.25, 0.3) is 0 Å². The number of esters is 1. The van der Waals surface area contributed by atoms with Crippen molar-refractivity contribution in [1.82, 2.24) is 9.97 Å². The monoisotopic (exact) mass is 425 g/mol. The van der Waals surface area contributed by atoms with Crippen LogP contribution in [0.4, 0.5) is 10.2 Å². The van der Waals surface area contributed by atoms with Crippen molar-refractivity contribution in [1.29, 1.82) is 0 Å². The quantitative estimate of drug-likeness (QED) is 0.565. The van der Waals surface area contributed by atoms with Crippen LogP contribution in [0.3, 0.4) is 0 Å². The predicted molar refractivity (Wildman–Crippen MR) is 110 cm³/mol. The molecule has 3 rings (SSSR count). The van der Waals surface area contributed by atoms with Crippen LogP contribution in [0.15, 0.2) is 54.7 Å². The summed E-state index contributed by atoms with van der Waals surface area (Å²) in [5.41, 5.74) is 0.466. The minimum atomic E-state index is -0.530. The molecule has 31 heavy (non-hydrogen) atoms. The number of benzene rings is 1. The van der Waals surface area contributed by atoms with Crippen LogP contribution in [0.5, 0.6) is 17.5 Å². The van der Waals surface area contributed by atoms with E-state index in [0.717, 1.165) is 0 Å². The zero-order chi connectivity index (χ0) is 22.4. The van der Waals surface area contributed by atoms with Crippen molar-refractivity contribution in [2.24, 2.45) is 0 Å². The maximum Gasteiger partial charge on any atom is 0.339 e. The number of hydrogen-bond donors (Lipinski definition) is 1. The summed E-state index contributed by atoms with van der Waals surface area (Å²) >= 11 is 0. The molecule has 2 heterocycles. The van der Waals surface area contributed by atoms with Crippen molar-refractivity contribution < 1.29 is 28.2 Å². The minimum absolute atomic E-state index is 0.101. The molecule has 3 aromatic rings. The van der Waals surface area contributed by atoms with Crippen LogP contribution in [0, 0.1) is 5.82 Å². The summed E-state index contributed by atoms with van der Waals surface area (Å²) in [5.74, 6) is -0.541. The molecule has 0 aliphatic heterocycles. The Balaban J connectivity index is 1.83. The number of nitrogens with one attached hydrogen (secondary N) is 1. The first kappa shape index (κ1) is 21.7. The lowest BCUT2D eigenvalue weighted by Crippen LogP contribution is -2.15. The number of nitrogens with zero attached hydrogens (tertiary/aromatic N) is 2. The number of methoxy groups -OCH3 is 1. The zero-order valence-electron chi connectivity index (χ0n) is 17.1. The maximum absolute atomic E-state index is 13.1. The molecule has 0 bridgehead atoms. The topological polar surface area (TPSA) is 99.6 Å². The lowest BCUT2D eigenvalue weighted by molar-refractivity contribution is 0.0600. The van der Waals surface area contributed by atoms with Crippen molar-refractivity contribution in [2.75, 3.05) is 12.4 Å². The Labute approximate surface area is 178 Å². The summed E-state index contributed by atoms with van der Waals surface area (Å²) < 4.78 is 29.0. The van der Waals surface area contributed by atoms with Crippen molar-refractivity contribution in [3.05, 3.63) is 71.7 Å². The number of halogens is 1. The standard InChI is InChI=1S/C22H20FN3O5/c1-13(2)30-19-10-15(11-20(26-19)31-17-7-5-16(23)6-8-17)21(27)25-18-9-4-14(12-24-18)22(28)29-3/h4-13H,1-3H3,(H,24,25,27). The number of aromatic nitrogens is 2. The van der Waals surface area contributed by atoms with E-state index in [4.69, 9.17) is 9.47 Å². The molecule has 0 saturated heterocycles. The molecule has 160 valence electrons. The predicted octanol–water partition coefficient (Wildman–Crippen LogP) is 4.23. The van der Waals surface area contributed by atoms with Gasteiger partial charge in [0.25, 0.3) is 5.91 Å². The van der Waals surface area contributed by atoms with Crippen molar-refractivity contribution >= 4 is 17.7 Å². The second-order valence-electron chi connectivity index (χ2n) is 6.63. The summed E-state index contributed by atoms with van der Waals surface area (Å²) in [6, 6.07) is 11.2. The average Bonchev–Trinajstić information content (AvgIpc) is 2.74. The second-order valence-corrected chi connectivity index (χ2v) is 6.63.